The van der Waals surface area contributed by atoms with Crippen LogP contribution < -0.4 is 10.6 Å². The van der Waals surface area contributed by atoms with Gasteiger partial charge >= 0.3 is 12.1 Å². The van der Waals surface area contributed by atoms with E-state index in [0.717, 1.165) is 11.3 Å². The van der Waals surface area contributed by atoms with Crippen molar-refractivity contribution in [2.24, 2.45) is 0 Å². The molecule has 0 aliphatic heterocycles. The summed E-state index contributed by atoms with van der Waals surface area (Å²) in [6, 6.07) is 6.45. The van der Waals surface area contributed by atoms with Crippen LogP contribution in [0.2, 0.25) is 0 Å². The van der Waals surface area contributed by atoms with Crippen LogP contribution in [0.4, 0.5) is 10.5 Å². The molecule has 21 heavy (non-hydrogen) atoms. The molecule has 3 N–H and O–H groups in total. The zero-order valence-electron chi connectivity index (χ0n) is 12.8. The molecule has 1 atom stereocenters. The molecule has 0 saturated heterocycles. The van der Waals surface area contributed by atoms with Crippen LogP contribution in [0.1, 0.15) is 26.3 Å². The number of carboxylic acids is 1. The second-order valence-electron chi connectivity index (χ2n) is 5.73. The Labute approximate surface area is 124 Å². The van der Waals surface area contributed by atoms with Crippen molar-refractivity contribution in [3.05, 3.63) is 29.8 Å². The minimum atomic E-state index is -1.12. The Kier molecular flexibility index (Phi) is 5.58. The van der Waals surface area contributed by atoms with Crippen LogP contribution in [0.15, 0.2) is 24.3 Å². The van der Waals surface area contributed by atoms with Crippen LogP contribution in [-0.2, 0) is 9.53 Å². The van der Waals surface area contributed by atoms with Gasteiger partial charge in [0.15, 0.2) is 0 Å². The number of aryl methyl sites for hydroxylation is 1. The van der Waals surface area contributed by atoms with Gasteiger partial charge in [0.2, 0.25) is 0 Å². The molecule has 0 fully saturated rings. The highest BCUT2D eigenvalue weighted by atomic mass is 16.6. The van der Waals surface area contributed by atoms with Gasteiger partial charge in [-0.3, -0.25) is 0 Å². The van der Waals surface area contributed by atoms with Gasteiger partial charge in [0.05, 0.1) is 0 Å². The van der Waals surface area contributed by atoms with E-state index in [1.54, 1.807) is 20.8 Å². The number of rotatable bonds is 5. The topological polar surface area (TPSA) is 87.7 Å². The van der Waals surface area contributed by atoms with Crippen molar-refractivity contribution >= 4 is 17.7 Å². The number of ether oxygens (including phenoxy) is 1. The summed E-state index contributed by atoms with van der Waals surface area (Å²) in [6.45, 7) is 7.13. The van der Waals surface area contributed by atoms with Gasteiger partial charge < -0.3 is 20.5 Å². The smallest absolute Gasteiger partial charge is 0.408 e. The normalized spacial score (nSPS) is 12.4. The summed E-state index contributed by atoms with van der Waals surface area (Å²) in [5, 5.41) is 14.5. The summed E-state index contributed by atoms with van der Waals surface area (Å²) in [5.74, 6) is -1.12. The molecule has 0 spiro atoms. The number of nitrogens with one attached hydrogen (secondary N) is 2. The SMILES string of the molecule is Cc1ccccc1NCC(NC(=O)OC(C)(C)C)C(=O)O. The van der Waals surface area contributed by atoms with E-state index in [4.69, 9.17) is 9.84 Å². The Morgan fingerprint density at radius 1 is 1.29 bits per heavy atom. The highest BCUT2D eigenvalue weighted by molar-refractivity contribution is 5.80. The van der Waals surface area contributed by atoms with Crippen molar-refractivity contribution in [1.29, 1.82) is 0 Å². The van der Waals surface area contributed by atoms with Gasteiger partial charge in [0, 0.05) is 12.2 Å². The number of carboxylic acid groups (broad SMARTS) is 1. The van der Waals surface area contributed by atoms with Crippen LogP contribution >= 0.6 is 0 Å². The highest BCUT2D eigenvalue weighted by Crippen LogP contribution is 2.13. The van der Waals surface area contributed by atoms with Crippen LogP contribution in [0.5, 0.6) is 0 Å². The maximum atomic E-state index is 11.6. The van der Waals surface area contributed by atoms with Crippen molar-refractivity contribution in [1.82, 2.24) is 5.32 Å². The fourth-order valence-corrected chi connectivity index (χ4v) is 1.63. The van der Waals surface area contributed by atoms with Crippen LogP contribution in [0.25, 0.3) is 0 Å². The van der Waals surface area contributed by atoms with Crippen molar-refractivity contribution in [2.45, 2.75) is 39.3 Å². The molecule has 0 bridgehead atoms. The third kappa shape index (κ3) is 6.16. The molecule has 0 aliphatic carbocycles. The molecule has 1 aromatic carbocycles. The lowest BCUT2D eigenvalue weighted by Crippen LogP contribution is -2.47. The summed E-state index contributed by atoms with van der Waals surface area (Å²) in [4.78, 5) is 22.8. The number of hydrogen-bond acceptors (Lipinski definition) is 4. The fourth-order valence-electron chi connectivity index (χ4n) is 1.63. The summed E-state index contributed by atoms with van der Waals surface area (Å²) in [5.41, 5.74) is 1.16. The number of benzene rings is 1. The van der Waals surface area contributed by atoms with E-state index in [0.29, 0.717) is 0 Å². The van der Waals surface area contributed by atoms with Gasteiger partial charge in [-0.1, -0.05) is 18.2 Å². The molecule has 0 radical (unpaired) electrons. The van der Waals surface area contributed by atoms with E-state index in [1.807, 2.05) is 31.2 Å². The monoisotopic (exact) mass is 294 g/mol. The summed E-state index contributed by atoms with van der Waals surface area (Å²) in [7, 11) is 0. The number of alkyl carbamates (subject to hydrolysis) is 1. The van der Waals surface area contributed by atoms with E-state index in [-0.39, 0.29) is 6.54 Å². The predicted molar refractivity (Wildman–Crippen MR) is 80.5 cm³/mol. The highest BCUT2D eigenvalue weighted by Gasteiger charge is 2.23. The zero-order valence-corrected chi connectivity index (χ0v) is 12.8. The van der Waals surface area contributed by atoms with E-state index >= 15 is 0 Å². The number of para-hydroxylation sites is 1. The number of carbonyl (C=O) groups excluding carboxylic acids is 1. The van der Waals surface area contributed by atoms with Gasteiger partial charge in [-0.05, 0) is 39.3 Å². The predicted octanol–water partition coefficient (Wildman–Crippen LogP) is 2.38. The van der Waals surface area contributed by atoms with Crippen LogP contribution in [0.3, 0.4) is 0 Å². The summed E-state index contributed by atoms with van der Waals surface area (Å²) in [6.07, 6.45) is -0.749. The Morgan fingerprint density at radius 2 is 1.90 bits per heavy atom. The molecule has 116 valence electrons. The number of carbonyl (C=O) groups is 2. The Balaban J connectivity index is 2.61. The molecule has 6 heteroatoms. The number of aliphatic carboxylic acids is 1. The quantitative estimate of drug-likeness (QED) is 0.776. The van der Waals surface area contributed by atoms with Crippen molar-refractivity contribution in [3.8, 4) is 0 Å². The molecule has 1 rings (SSSR count). The van der Waals surface area contributed by atoms with E-state index in [2.05, 4.69) is 10.6 Å². The lowest BCUT2D eigenvalue weighted by molar-refractivity contribution is -0.139. The zero-order chi connectivity index (χ0) is 16.0. The van der Waals surface area contributed by atoms with Crippen molar-refractivity contribution < 1.29 is 19.4 Å². The van der Waals surface area contributed by atoms with Gasteiger partial charge in [0.1, 0.15) is 11.6 Å². The average molecular weight is 294 g/mol. The van der Waals surface area contributed by atoms with Crippen molar-refractivity contribution in [3.63, 3.8) is 0 Å². The van der Waals surface area contributed by atoms with E-state index in [9.17, 15) is 9.59 Å². The Morgan fingerprint density at radius 3 is 2.43 bits per heavy atom. The van der Waals surface area contributed by atoms with Gasteiger partial charge in [-0.25, -0.2) is 9.59 Å². The molecule has 0 saturated carbocycles. The molecule has 0 aromatic heterocycles. The number of anilines is 1. The molecule has 1 unspecified atom stereocenters. The lowest BCUT2D eigenvalue weighted by atomic mass is 10.2. The first-order valence-electron chi connectivity index (χ1n) is 6.71. The first kappa shape index (κ1) is 16.8. The Bertz CT molecular complexity index is 509. The molecule has 0 heterocycles. The first-order valence-corrected chi connectivity index (χ1v) is 6.71. The van der Waals surface area contributed by atoms with Gasteiger partial charge in [-0.2, -0.15) is 0 Å². The summed E-state index contributed by atoms with van der Waals surface area (Å²) < 4.78 is 5.05. The van der Waals surface area contributed by atoms with Crippen LogP contribution in [0, 0.1) is 6.92 Å². The second-order valence-corrected chi connectivity index (χ2v) is 5.73. The molecular formula is C15H22N2O4. The van der Waals surface area contributed by atoms with Gasteiger partial charge in [0.25, 0.3) is 0 Å². The van der Waals surface area contributed by atoms with E-state index < -0.39 is 23.7 Å². The second kappa shape index (κ2) is 6.97. The standard InChI is InChI=1S/C15H22N2O4/c1-10-7-5-6-8-11(10)16-9-12(13(18)19)17-14(20)21-15(2,3)4/h5-8,12,16H,9H2,1-4H3,(H,17,20)(H,18,19). The van der Waals surface area contributed by atoms with Crippen molar-refractivity contribution in [2.75, 3.05) is 11.9 Å². The molecule has 1 amide bonds. The number of hydrogen-bond donors (Lipinski definition) is 3. The molecule has 1 aromatic rings. The van der Waals surface area contributed by atoms with Gasteiger partial charge in [-0.15, -0.1) is 0 Å². The van der Waals surface area contributed by atoms with E-state index in [1.165, 1.54) is 0 Å². The minimum absolute atomic E-state index is 0.0689. The molecule has 0 aliphatic rings. The minimum Gasteiger partial charge on any atom is -0.480 e. The third-order valence-electron chi connectivity index (χ3n) is 2.63. The molecule has 6 nitrogen and oxygen atoms in total. The lowest BCUT2D eigenvalue weighted by Gasteiger charge is -2.22. The Hall–Kier alpha value is -2.24. The third-order valence-corrected chi connectivity index (χ3v) is 2.63. The average Bonchev–Trinajstić information content (AvgIpc) is 2.33. The summed E-state index contributed by atoms with van der Waals surface area (Å²) >= 11 is 0. The first-order chi connectivity index (χ1) is 9.69. The number of amides is 1. The fraction of sp³-hybridized carbons (Fsp3) is 0.467. The largest absolute Gasteiger partial charge is 0.480 e. The maximum Gasteiger partial charge on any atom is 0.408 e. The van der Waals surface area contributed by atoms with Crippen LogP contribution in [-0.4, -0.2) is 35.4 Å². The molecular weight excluding hydrogens is 272 g/mol. The maximum absolute atomic E-state index is 11.6.